The molecule has 0 unspecified atom stereocenters. The fourth-order valence-corrected chi connectivity index (χ4v) is 2.52. The van der Waals surface area contributed by atoms with E-state index in [9.17, 15) is 0 Å². The quantitative estimate of drug-likeness (QED) is 0.926. The standard InChI is InChI=1S/C13H18Cl2N2O/c14-10-1-2-13(12(15)9-10)18-8-7-17-5-3-11(16)4-6-17/h1-2,9,11H,3-8,16H2. The van der Waals surface area contributed by atoms with Crippen molar-refractivity contribution >= 4 is 23.2 Å². The van der Waals surface area contributed by atoms with Gasteiger partial charge in [0.15, 0.2) is 0 Å². The van der Waals surface area contributed by atoms with Crippen LogP contribution in [0.3, 0.4) is 0 Å². The van der Waals surface area contributed by atoms with E-state index in [-0.39, 0.29) is 0 Å². The normalized spacial score (nSPS) is 17.9. The highest BCUT2D eigenvalue weighted by Gasteiger charge is 2.15. The van der Waals surface area contributed by atoms with E-state index in [1.807, 2.05) is 0 Å². The zero-order valence-corrected chi connectivity index (χ0v) is 11.8. The molecule has 0 saturated carbocycles. The number of rotatable bonds is 4. The molecule has 0 bridgehead atoms. The predicted octanol–water partition coefficient (Wildman–Crippen LogP) is 2.80. The molecule has 100 valence electrons. The van der Waals surface area contributed by atoms with Crippen LogP contribution in [0, 0.1) is 0 Å². The number of ether oxygens (including phenoxy) is 1. The molecule has 1 aromatic rings. The summed E-state index contributed by atoms with van der Waals surface area (Å²) in [4.78, 5) is 2.37. The Balaban J connectivity index is 1.75. The average molecular weight is 289 g/mol. The highest BCUT2D eigenvalue weighted by molar-refractivity contribution is 6.35. The average Bonchev–Trinajstić information content (AvgIpc) is 2.34. The maximum atomic E-state index is 6.03. The van der Waals surface area contributed by atoms with Crippen molar-refractivity contribution in [2.45, 2.75) is 18.9 Å². The Morgan fingerprint density at radius 1 is 1.28 bits per heavy atom. The lowest BCUT2D eigenvalue weighted by Gasteiger charge is -2.29. The summed E-state index contributed by atoms with van der Waals surface area (Å²) in [6, 6.07) is 5.64. The van der Waals surface area contributed by atoms with E-state index in [2.05, 4.69) is 4.90 Å². The fraction of sp³-hybridized carbons (Fsp3) is 0.538. The molecule has 1 aromatic carbocycles. The SMILES string of the molecule is NC1CCN(CCOc2ccc(Cl)cc2Cl)CC1. The predicted molar refractivity (Wildman–Crippen MR) is 75.6 cm³/mol. The van der Waals surface area contributed by atoms with Crippen LogP contribution in [-0.4, -0.2) is 37.2 Å². The van der Waals surface area contributed by atoms with Gasteiger partial charge in [-0.25, -0.2) is 0 Å². The van der Waals surface area contributed by atoms with Gasteiger partial charge in [0.25, 0.3) is 0 Å². The summed E-state index contributed by atoms with van der Waals surface area (Å²) >= 11 is 11.9. The third-order valence-electron chi connectivity index (χ3n) is 3.19. The molecule has 0 amide bonds. The van der Waals surface area contributed by atoms with Crippen LogP contribution in [0.2, 0.25) is 10.0 Å². The summed E-state index contributed by atoms with van der Waals surface area (Å²) in [6.45, 7) is 3.65. The second-order valence-electron chi connectivity index (χ2n) is 4.60. The Morgan fingerprint density at radius 3 is 2.67 bits per heavy atom. The molecule has 5 heteroatoms. The molecule has 3 nitrogen and oxygen atoms in total. The summed E-state index contributed by atoms with van der Waals surface area (Å²) in [6.07, 6.45) is 2.14. The van der Waals surface area contributed by atoms with Crippen molar-refractivity contribution in [3.63, 3.8) is 0 Å². The van der Waals surface area contributed by atoms with Gasteiger partial charge in [-0.1, -0.05) is 23.2 Å². The van der Waals surface area contributed by atoms with Gasteiger partial charge in [-0.15, -0.1) is 0 Å². The van der Waals surface area contributed by atoms with E-state index in [1.165, 1.54) is 0 Å². The van der Waals surface area contributed by atoms with Crippen LogP contribution in [0.4, 0.5) is 0 Å². The minimum atomic E-state index is 0.368. The maximum Gasteiger partial charge on any atom is 0.138 e. The van der Waals surface area contributed by atoms with E-state index in [4.69, 9.17) is 33.7 Å². The van der Waals surface area contributed by atoms with Crippen molar-refractivity contribution in [3.05, 3.63) is 28.2 Å². The largest absolute Gasteiger partial charge is 0.491 e. The molecular weight excluding hydrogens is 271 g/mol. The van der Waals surface area contributed by atoms with E-state index >= 15 is 0 Å². The number of nitrogens with zero attached hydrogens (tertiary/aromatic N) is 1. The lowest BCUT2D eigenvalue weighted by atomic mass is 10.1. The molecule has 1 fully saturated rings. The first kappa shape index (κ1) is 13.9. The lowest BCUT2D eigenvalue weighted by molar-refractivity contribution is 0.174. The van der Waals surface area contributed by atoms with Gasteiger partial charge in [-0.2, -0.15) is 0 Å². The van der Waals surface area contributed by atoms with Crippen molar-refractivity contribution in [1.82, 2.24) is 4.90 Å². The molecule has 1 saturated heterocycles. The van der Waals surface area contributed by atoms with Gasteiger partial charge in [0.05, 0.1) is 5.02 Å². The highest BCUT2D eigenvalue weighted by atomic mass is 35.5. The maximum absolute atomic E-state index is 6.03. The van der Waals surface area contributed by atoms with Crippen molar-refractivity contribution in [2.75, 3.05) is 26.2 Å². The summed E-state index contributed by atoms with van der Waals surface area (Å²) in [5.74, 6) is 0.690. The van der Waals surface area contributed by atoms with E-state index in [1.54, 1.807) is 18.2 Å². The van der Waals surface area contributed by atoms with Crippen LogP contribution in [0.1, 0.15) is 12.8 Å². The minimum absolute atomic E-state index is 0.368. The van der Waals surface area contributed by atoms with Gasteiger partial charge < -0.3 is 10.5 Å². The second kappa shape index (κ2) is 6.62. The second-order valence-corrected chi connectivity index (χ2v) is 5.45. The van der Waals surface area contributed by atoms with E-state index < -0.39 is 0 Å². The number of benzene rings is 1. The molecule has 18 heavy (non-hydrogen) atoms. The first-order valence-electron chi connectivity index (χ1n) is 6.21. The third-order valence-corrected chi connectivity index (χ3v) is 3.72. The number of hydrogen-bond donors (Lipinski definition) is 1. The Kier molecular flexibility index (Phi) is 5.13. The van der Waals surface area contributed by atoms with Crippen LogP contribution in [-0.2, 0) is 0 Å². The highest BCUT2D eigenvalue weighted by Crippen LogP contribution is 2.27. The van der Waals surface area contributed by atoms with Gasteiger partial charge in [0.2, 0.25) is 0 Å². The van der Waals surface area contributed by atoms with Gasteiger partial charge in [0.1, 0.15) is 12.4 Å². The summed E-state index contributed by atoms with van der Waals surface area (Å²) < 4.78 is 5.66. The van der Waals surface area contributed by atoms with Gasteiger partial charge >= 0.3 is 0 Å². The van der Waals surface area contributed by atoms with Gasteiger partial charge in [-0.3, -0.25) is 4.90 Å². The van der Waals surface area contributed by atoms with Crippen LogP contribution >= 0.6 is 23.2 Å². The third kappa shape index (κ3) is 4.02. The Hall–Kier alpha value is -0.480. The van der Waals surface area contributed by atoms with Crippen molar-refractivity contribution in [2.24, 2.45) is 5.73 Å². The summed E-state index contributed by atoms with van der Waals surface area (Å²) in [5.41, 5.74) is 5.86. The molecule has 0 aliphatic carbocycles. The molecule has 2 N–H and O–H groups in total. The van der Waals surface area contributed by atoms with Crippen LogP contribution < -0.4 is 10.5 Å². The zero-order valence-electron chi connectivity index (χ0n) is 10.2. The zero-order chi connectivity index (χ0) is 13.0. The molecule has 1 aliphatic heterocycles. The Morgan fingerprint density at radius 2 is 2.00 bits per heavy atom. The van der Waals surface area contributed by atoms with Crippen molar-refractivity contribution in [1.29, 1.82) is 0 Å². The smallest absolute Gasteiger partial charge is 0.138 e. The molecule has 1 heterocycles. The Labute approximate surface area is 118 Å². The molecule has 0 aromatic heterocycles. The summed E-state index contributed by atoms with van der Waals surface area (Å²) in [5, 5.41) is 1.18. The summed E-state index contributed by atoms with van der Waals surface area (Å²) in [7, 11) is 0. The topological polar surface area (TPSA) is 38.5 Å². The number of hydrogen-bond acceptors (Lipinski definition) is 3. The Bertz CT molecular complexity index is 393. The van der Waals surface area contributed by atoms with Crippen molar-refractivity contribution < 1.29 is 4.74 Å². The molecule has 0 spiro atoms. The van der Waals surface area contributed by atoms with Crippen LogP contribution in [0.15, 0.2) is 18.2 Å². The van der Waals surface area contributed by atoms with Gasteiger partial charge in [-0.05, 0) is 44.1 Å². The van der Waals surface area contributed by atoms with Gasteiger partial charge in [0, 0.05) is 17.6 Å². The first-order chi connectivity index (χ1) is 8.65. The first-order valence-corrected chi connectivity index (χ1v) is 6.96. The number of likely N-dealkylation sites (tertiary alicyclic amines) is 1. The molecular formula is C13H18Cl2N2O. The molecule has 0 atom stereocenters. The molecule has 1 aliphatic rings. The van der Waals surface area contributed by atoms with Crippen LogP contribution in [0.5, 0.6) is 5.75 Å². The number of nitrogens with two attached hydrogens (primary N) is 1. The molecule has 2 rings (SSSR count). The lowest BCUT2D eigenvalue weighted by Crippen LogP contribution is -2.41. The number of halogens is 2. The minimum Gasteiger partial charge on any atom is -0.491 e. The van der Waals surface area contributed by atoms with E-state index in [0.29, 0.717) is 28.4 Å². The fourth-order valence-electron chi connectivity index (χ4n) is 2.05. The monoisotopic (exact) mass is 288 g/mol. The van der Waals surface area contributed by atoms with Crippen LogP contribution in [0.25, 0.3) is 0 Å². The van der Waals surface area contributed by atoms with E-state index in [0.717, 1.165) is 32.5 Å². The molecule has 0 radical (unpaired) electrons. The van der Waals surface area contributed by atoms with Crippen molar-refractivity contribution in [3.8, 4) is 5.75 Å². The number of piperidine rings is 1.